The molecule has 2 aliphatic heterocycles. The fraction of sp³-hybridized carbons (Fsp3) is 0.324. The molecule has 43 heavy (non-hydrogen) atoms. The van der Waals surface area contributed by atoms with E-state index in [9.17, 15) is 18.8 Å². The summed E-state index contributed by atoms with van der Waals surface area (Å²) in [5.41, 5.74) is 4.46. The van der Waals surface area contributed by atoms with Crippen molar-refractivity contribution < 1.29 is 18.3 Å². The number of benzene rings is 3. The Kier molecular flexibility index (Phi) is 8.47. The number of halogens is 2. The van der Waals surface area contributed by atoms with E-state index in [-0.39, 0.29) is 17.7 Å². The highest BCUT2D eigenvalue weighted by molar-refractivity contribution is 6.08. The van der Waals surface area contributed by atoms with E-state index in [1.54, 1.807) is 30.3 Å². The van der Waals surface area contributed by atoms with Gasteiger partial charge >= 0.3 is 6.61 Å². The van der Waals surface area contributed by atoms with Gasteiger partial charge in [-0.05, 0) is 97.9 Å². The topological polar surface area (TPSA) is 81.5 Å². The third-order valence-corrected chi connectivity index (χ3v) is 8.29. The minimum absolute atomic E-state index is 0.0125. The number of likely N-dealkylation sites (tertiary alicyclic amines) is 2. The number of pyridine rings is 1. The number of hydrogen-bond acceptors (Lipinski definition) is 6. The molecular weight excluding hydrogens is 548 g/mol. The molecule has 0 saturated carbocycles. The smallest absolute Gasteiger partial charge is 0.387 e. The Morgan fingerprint density at radius 2 is 1.79 bits per heavy atom. The average molecular weight is 582 g/mol. The molecule has 0 aliphatic carbocycles. The van der Waals surface area contributed by atoms with Crippen LogP contribution in [0, 0.1) is 11.3 Å². The van der Waals surface area contributed by atoms with Crippen LogP contribution in [-0.2, 0) is 6.54 Å². The number of ether oxygens (including phenoxy) is 1. The predicted octanol–water partition coefficient (Wildman–Crippen LogP) is 6.69. The summed E-state index contributed by atoms with van der Waals surface area (Å²) in [5.74, 6) is 0.601. The van der Waals surface area contributed by atoms with Crippen LogP contribution in [0.3, 0.4) is 0 Å². The molecule has 1 aromatic heterocycles. The molecule has 2 aliphatic rings. The van der Waals surface area contributed by atoms with Crippen molar-refractivity contribution >= 4 is 22.6 Å². The number of carbonyl (C=O) groups excluding carboxylic acids is 1. The lowest BCUT2D eigenvalue weighted by Gasteiger charge is -2.29. The summed E-state index contributed by atoms with van der Waals surface area (Å²) >= 11 is 0. The molecule has 1 N–H and O–H groups in total. The zero-order valence-corrected chi connectivity index (χ0v) is 23.8. The van der Waals surface area contributed by atoms with Gasteiger partial charge in [0.2, 0.25) is 0 Å². The lowest BCUT2D eigenvalue weighted by molar-refractivity contribution is -0.0498. The second kappa shape index (κ2) is 12.8. The highest BCUT2D eigenvalue weighted by Gasteiger charge is 2.32. The van der Waals surface area contributed by atoms with E-state index >= 15 is 0 Å². The van der Waals surface area contributed by atoms with Crippen molar-refractivity contribution in [3.63, 3.8) is 0 Å². The Morgan fingerprint density at radius 3 is 2.56 bits per heavy atom. The first-order valence-corrected chi connectivity index (χ1v) is 14.7. The molecule has 0 spiro atoms. The second-order valence-corrected chi connectivity index (χ2v) is 11.2. The van der Waals surface area contributed by atoms with Crippen LogP contribution >= 0.6 is 0 Å². The summed E-state index contributed by atoms with van der Waals surface area (Å²) < 4.78 is 30.0. The van der Waals surface area contributed by atoms with Crippen LogP contribution in [0.5, 0.6) is 5.75 Å². The van der Waals surface area contributed by atoms with E-state index in [1.807, 2.05) is 41.3 Å². The summed E-state index contributed by atoms with van der Waals surface area (Å²) in [6, 6.07) is 23.9. The fourth-order valence-corrected chi connectivity index (χ4v) is 6.15. The Hall–Kier alpha value is -4.55. The normalized spacial score (nSPS) is 17.0. The van der Waals surface area contributed by atoms with Crippen LogP contribution in [0.15, 0.2) is 72.8 Å². The van der Waals surface area contributed by atoms with Gasteiger partial charge in [-0.25, -0.2) is 4.98 Å². The molecule has 0 unspecified atom stereocenters. The maximum Gasteiger partial charge on any atom is 0.387 e. The van der Waals surface area contributed by atoms with Crippen LogP contribution in [0.2, 0.25) is 0 Å². The molecule has 0 radical (unpaired) electrons. The van der Waals surface area contributed by atoms with E-state index in [4.69, 9.17) is 4.98 Å². The van der Waals surface area contributed by atoms with Gasteiger partial charge in [-0.2, -0.15) is 14.0 Å². The second-order valence-electron chi connectivity index (χ2n) is 11.2. The molecule has 9 heteroatoms. The number of nitriles is 1. The zero-order valence-electron chi connectivity index (χ0n) is 23.8. The minimum atomic E-state index is -2.90. The fourth-order valence-electron chi connectivity index (χ4n) is 6.15. The number of alkyl halides is 2. The molecule has 1 amide bonds. The first kappa shape index (κ1) is 28.6. The van der Waals surface area contributed by atoms with Crippen molar-refractivity contribution in [3.05, 3.63) is 89.5 Å². The largest absolute Gasteiger partial charge is 0.435 e. The van der Waals surface area contributed by atoms with E-state index in [1.165, 1.54) is 18.9 Å². The molecule has 3 aromatic carbocycles. The number of nitrogens with one attached hydrogen (secondary N) is 1. The number of carbonyl (C=O) groups is 1. The van der Waals surface area contributed by atoms with Gasteiger partial charge in [-0.1, -0.05) is 30.3 Å². The van der Waals surface area contributed by atoms with Gasteiger partial charge in [0.1, 0.15) is 11.6 Å². The third-order valence-electron chi connectivity index (χ3n) is 8.29. The maximum atomic E-state index is 14.3. The summed E-state index contributed by atoms with van der Waals surface area (Å²) in [6.07, 6.45) is 4.38. The van der Waals surface area contributed by atoms with E-state index < -0.39 is 6.61 Å². The van der Waals surface area contributed by atoms with Gasteiger partial charge in [-0.3, -0.25) is 4.79 Å². The van der Waals surface area contributed by atoms with Crippen molar-refractivity contribution in [2.24, 2.45) is 0 Å². The van der Waals surface area contributed by atoms with Crippen molar-refractivity contribution in [1.82, 2.24) is 14.8 Å². The molecule has 4 aromatic rings. The molecule has 1 atom stereocenters. The SMILES string of the molecule is N#Cc1ccc(-c2ccc3nc(NCc4cccc(OC(F)F)c4)cc(C(=O)N4CCC[C@H]4CN4CCCC4)c3c2)cc1. The Morgan fingerprint density at radius 1 is 1.00 bits per heavy atom. The monoisotopic (exact) mass is 581 g/mol. The molecule has 0 bridgehead atoms. The van der Waals surface area contributed by atoms with Crippen LogP contribution < -0.4 is 10.1 Å². The van der Waals surface area contributed by atoms with Crippen molar-refractivity contribution in [2.45, 2.75) is 44.9 Å². The number of amides is 1. The van der Waals surface area contributed by atoms with Crippen LogP contribution in [-0.4, -0.2) is 59.5 Å². The number of hydrogen-bond donors (Lipinski definition) is 1. The van der Waals surface area contributed by atoms with E-state index in [0.29, 0.717) is 29.0 Å². The molecule has 2 saturated heterocycles. The highest BCUT2D eigenvalue weighted by atomic mass is 19.3. The predicted molar refractivity (Wildman–Crippen MR) is 162 cm³/mol. The summed E-state index contributed by atoms with van der Waals surface area (Å²) in [6.45, 7) is 1.21. The van der Waals surface area contributed by atoms with Crippen LogP contribution in [0.4, 0.5) is 14.6 Å². The molecule has 3 heterocycles. The Bertz CT molecular complexity index is 1650. The van der Waals surface area contributed by atoms with Crippen molar-refractivity contribution in [1.29, 1.82) is 5.26 Å². The zero-order chi connectivity index (χ0) is 29.8. The van der Waals surface area contributed by atoms with Crippen molar-refractivity contribution in [3.8, 4) is 22.9 Å². The van der Waals surface area contributed by atoms with Gasteiger partial charge < -0.3 is 19.9 Å². The third kappa shape index (κ3) is 6.60. The van der Waals surface area contributed by atoms with Crippen LogP contribution in [0.25, 0.3) is 22.0 Å². The highest BCUT2D eigenvalue weighted by Crippen LogP contribution is 2.31. The lowest BCUT2D eigenvalue weighted by atomic mass is 9.99. The quantitative estimate of drug-likeness (QED) is 0.237. The van der Waals surface area contributed by atoms with Gasteiger partial charge in [0.25, 0.3) is 5.91 Å². The molecular formula is C34H33F2N5O2. The van der Waals surface area contributed by atoms with Crippen molar-refractivity contribution in [2.75, 3.05) is 31.5 Å². The average Bonchev–Trinajstić information content (AvgIpc) is 3.72. The van der Waals surface area contributed by atoms with Gasteiger partial charge in [-0.15, -0.1) is 0 Å². The number of rotatable bonds is 9. The van der Waals surface area contributed by atoms with E-state index in [2.05, 4.69) is 21.0 Å². The number of nitrogens with zero attached hydrogens (tertiary/aromatic N) is 4. The van der Waals surface area contributed by atoms with Gasteiger partial charge in [0.05, 0.1) is 22.7 Å². The summed E-state index contributed by atoms with van der Waals surface area (Å²) in [7, 11) is 0. The van der Waals surface area contributed by atoms with Gasteiger partial charge in [0, 0.05) is 31.1 Å². The van der Waals surface area contributed by atoms with Crippen LogP contribution in [0.1, 0.15) is 47.2 Å². The van der Waals surface area contributed by atoms with E-state index in [0.717, 1.165) is 61.1 Å². The number of fused-ring (bicyclic) bond motifs is 1. The molecule has 220 valence electrons. The summed E-state index contributed by atoms with van der Waals surface area (Å²) in [5, 5.41) is 13.2. The molecule has 7 nitrogen and oxygen atoms in total. The lowest BCUT2D eigenvalue weighted by Crippen LogP contribution is -2.42. The van der Waals surface area contributed by atoms with Gasteiger partial charge in [0.15, 0.2) is 0 Å². The Balaban J connectivity index is 1.33. The first-order chi connectivity index (χ1) is 21.0. The summed E-state index contributed by atoms with van der Waals surface area (Å²) in [4.78, 5) is 23.6. The maximum absolute atomic E-state index is 14.3. The standard InChI is InChI=1S/C34H33F2N5O2/c35-34(36)43-28-7-3-5-24(17-28)21-38-32-19-30(33(42)41-16-4-6-27(41)22-40-14-1-2-15-40)29-18-26(12-13-31(29)39-32)25-10-8-23(20-37)9-11-25/h3,5,7-13,17-19,27,34H,1-2,4,6,14-16,21-22H2,(H,38,39)/t27-/m0/s1. The number of anilines is 1. The Labute approximate surface area is 249 Å². The minimum Gasteiger partial charge on any atom is -0.435 e. The first-order valence-electron chi connectivity index (χ1n) is 14.7. The molecule has 6 rings (SSSR count). The number of aromatic nitrogens is 1. The molecule has 2 fully saturated rings.